The first-order valence-electron chi connectivity index (χ1n) is 5.82. The van der Waals surface area contributed by atoms with Crippen LogP contribution in [0.2, 0.25) is 0 Å². The highest BCUT2D eigenvalue weighted by molar-refractivity contribution is 5.85. The van der Waals surface area contributed by atoms with Crippen LogP contribution in [0, 0.1) is 18.6 Å². The summed E-state index contributed by atoms with van der Waals surface area (Å²) in [5.74, 6) is -0.849. The van der Waals surface area contributed by atoms with Crippen molar-refractivity contribution < 1.29 is 8.78 Å². The van der Waals surface area contributed by atoms with E-state index in [4.69, 9.17) is 0 Å². The van der Waals surface area contributed by atoms with Gasteiger partial charge in [-0.1, -0.05) is 0 Å². The van der Waals surface area contributed by atoms with E-state index in [9.17, 15) is 8.78 Å². The smallest absolute Gasteiger partial charge is 0.128 e. The first kappa shape index (κ1) is 15.4. The number of nitrogens with one attached hydrogen (secondary N) is 1. The van der Waals surface area contributed by atoms with Gasteiger partial charge in [0.25, 0.3) is 0 Å². The molecule has 1 heterocycles. The van der Waals surface area contributed by atoms with Gasteiger partial charge in [-0.3, -0.25) is 4.68 Å². The molecule has 0 saturated carbocycles. The molecule has 19 heavy (non-hydrogen) atoms. The zero-order valence-electron chi connectivity index (χ0n) is 10.8. The molecule has 3 nitrogen and oxygen atoms in total. The largest absolute Gasteiger partial charge is 0.378 e. The van der Waals surface area contributed by atoms with E-state index in [1.807, 2.05) is 18.5 Å². The third kappa shape index (κ3) is 3.44. The van der Waals surface area contributed by atoms with Gasteiger partial charge in [0.1, 0.15) is 11.6 Å². The van der Waals surface area contributed by atoms with Crippen LogP contribution < -0.4 is 5.32 Å². The molecule has 0 fully saturated rings. The lowest BCUT2D eigenvalue weighted by atomic mass is 10.2. The number of aromatic nitrogens is 2. The molecule has 1 aromatic heterocycles. The topological polar surface area (TPSA) is 29.9 Å². The average molecular weight is 288 g/mol. The Hall–Kier alpha value is -1.62. The Morgan fingerprint density at radius 3 is 2.68 bits per heavy atom. The first-order chi connectivity index (χ1) is 8.61. The maximum Gasteiger partial charge on any atom is 0.128 e. The number of nitrogens with zero attached hydrogens (tertiary/aromatic N) is 2. The monoisotopic (exact) mass is 287 g/mol. The number of hydrogen-bond acceptors (Lipinski definition) is 2. The third-order valence-electron chi connectivity index (χ3n) is 2.88. The molecular weight excluding hydrogens is 272 g/mol. The molecule has 0 amide bonds. The Bertz CT molecular complexity index is 555. The van der Waals surface area contributed by atoms with E-state index >= 15 is 0 Å². The SMILES string of the molecule is CCn1ncc(NCc2cc(F)ccc2F)c1C.Cl. The fraction of sp³-hybridized carbons (Fsp3) is 0.308. The van der Waals surface area contributed by atoms with Crippen LogP contribution in [0.5, 0.6) is 0 Å². The summed E-state index contributed by atoms with van der Waals surface area (Å²) in [6.07, 6.45) is 1.69. The summed E-state index contributed by atoms with van der Waals surface area (Å²) in [4.78, 5) is 0. The van der Waals surface area contributed by atoms with E-state index < -0.39 is 11.6 Å². The van der Waals surface area contributed by atoms with Gasteiger partial charge < -0.3 is 5.32 Å². The van der Waals surface area contributed by atoms with Gasteiger partial charge in [-0.15, -0.1) is 12.4 Å². The van der Waals surface area contributed by atoms with Gasteiger partial charge in [0.05, 0.1) is 17.6 Å². The second-order valence-corrected chi connectivity index (χ2v) is 4.05. The highest BCUT2D eigenvalue weighted by Gasteiger charge is 2.07. The highest BCUT2D eigenvalue weighted by atomic mass is 35.5. The standard InChI is InChI=1S/C13H15F2N3.ClH/c1-3-18-9(2)13(8-17-18)16-7-10-6-11(14)4-5-12(10)15;/h4-6,8,16H,3,7H2,1-2H3;1H. The van der Waals surface area contributed by atoms with Crippen molar-refractivity contribution in [1.82, 2.24) is 9.78 Å². The average Bonchev–Trinajstić information content (AvgIpc) is 2.71. The second-order valence-electron chi connectivity index (χ2n) is 4.05. The van der Waals surface area contributed by atoms with E-state index in [2.05, 4.69) is 10.4 Å². The molecule has 0 saturated heterocycles. The highest BCUT2D eigenvalue weighted by Crippen LogP contribution is 2.16. The molecule has 104 valence electrons. The number of aryl methyl sites for hydroxylation is 1. The van der Waals surface area contributed by atoms with Crippen LogP contribution in [0.1, 0.15) is 18.2 Å². The zero-order chi connectivity index (χ0) is 13.1. The molecule has 0 aliphatic carbocycles. The Labute approximate surface area is 117 Å². The normalized spacial score (nSPS) is 10.1. The van der Waals surface area contributed by atoms with Crippen LogP contribution in [-0.2, 0) is 13.1 Å². The third-order valence-corrected chi connectivity index (χ3v) is 2.88. The van der Waals surface area contributed by atoms with Crippen molar-refractivity contribution in [3.63, 3.8) is 0 Å². The number of hydrogen-bond donors (Lipinski definition) is 1. The van der Waals surface area contributed by atoms with Crippen LogP contribution in [-0.4, -0.2) is 9.78 Å². The Balaban J connectivity index is 0.00000180. The van der Waals surface area contributed by atoms with Crippen LogP contribution in [0.15, 0.2) is 24.4 Å². The minimum atomic E-state index is -0.436. The molecule has 0 radical (unpaired) electrons. The molecule has 0 aliphatic heterocycles. The Morgan fingerprint density at radius 1 is 1.32 bits per heavy atom. The van der Waals surface area contributed by atoms with Crippen LogP contribution in [0.3, 0.4) is 0 Å². The molecule has 1 N–H and O–H groups in total. The molecule has 2 rings (SSSR count). The number of anilines is 1. The molecular formula is C13H16ClF2N3. The summed E-state index contributed by atoms with van der Waals surface area (Å²) in [7, 11) is 0. The summed E-state index contributed by atoms with van der Waals surface area (Å²) in [5, 5.41) is 7.23. The van der Waals surface area contributed by atoms with E-state index in [-0.39, 0.29) is 19.0 Å². The summed E-state index contributed by atoms with van der Waals surface area (Å²) in [6.45, 7) is 4.94. The van der Waals surface area contributed by atoms with Crippen molar-refractivity contribution in [1.29, 1.82) is 0 Å². The fourth-order valence-electron chi connectivity index (χ4n) is 1.81. The van der Waals surface area contributed by atoms with Crippen molar-refractivity contribution in [2.24, 2.45) is 0 Å². The van der Waals surface area contributed by atoms with Crippen molar-refractivity contribution >= 4 is 18.1 Å². The summed E-state index contributed by atoms with van der Waals surface area (Å²) in [5.41, 5.74) is 2.12. The van der Waals surface area contributed by atoms with E-state index in [0.717, 1.165) is 30.1 Å². The van der Waals surface area contributed by atoms with E-state index in [1.165, 1.54) is 6.07 Å². The van der Waals surface area contributed by atoms with E-state index in [1.54, 1.807) is 6.20 Å². The van der Waals surface area contributed by atoms with Crippen molar-refractivity contribution in [2.75, 3.05) is 5.32 Å². The second kappa shape index (κ2) is 6.52. The first-order valence-corrected chi connectivity index (χ1v) is 5.82. The van der Waals surface area contributed by atoms with Gasteiger partial charge in [0.2, 0.25) is 0 Å². The molecule has 0 atom stereocenters. The minimum absolute atomic E-state index is 0. The Kier molecular flexibility index (Phi) is 5.30. The lowest BCUT2D eigenvalue weighted by Gasteiger charge is -2.07. The van der Waals surface area contributed by atoms with Gasteiger partial charge in [-0.2, -0.15) is 5.10 Å². The number of rotatable bonds is 4. The number of benzene rings is 1. The molecule has 0 spiro atoms. The van der Waals surface area contributed by atoms with Gasteiger partial charge in [-0.05, 0) is 32.0 Å². The molecule has 0 aliphatic rings. The van der Waals surface area contributed by atoms with Crippen LogP contribution >= 0.6 is 12.4 Å². The Morgan fingerprint density at radius 2 is 2.05 bits per heavy atom. The lowest BCUT2D eigenvalue weighted by molar-refractivity contribution is 0.587. The molecule has 6 heteroatoms. The maximum absolute atomic E-state index is 13.4. The van der Waals surface area contributed by atoms with Crippen LogP contribution in [0.4, 0.5) is 14.5 Å². The van der Waals surface area contributed by atoms with Gasteiger partial charge in [0, 0.05) is 18.7 Å². The zero-order valence-corrected chi connectivity index (χ0v) is 11.6. The quantitative estimate of drug-likeness (QED) is 0.932. The summed E-state index contributed by atoms with van der Waals surface area (Å²) in [6, 6.07) is 3.44. The summed E-state index contributed by atoms with van der Waals surface area (Å²) >= 11 is 0. The maximum atomic E-state index is 13.4. The minimum Gasteiger partial charge on any atom is -0.378 e. The van der Waals surface area contributed by atoms with Crippen molar-refractivity contribution in [3.05, 3.63) is 47.3 Å². The van der Waals surface area contributed by atoms with Crippen molar-refractivity contribution in [2.45, 2.75) is 26.9 Å². The lowest BCUT2D eigenvalue weighted by Crippen LogP contribution is -2.04. The van der Waals surface area contributed by atoms with E-state index in [0.29, 0.717) is 5.56 Å². The number of halogens is 3. The van der Waals surface area contributed by atoms with Crippen molar-refractivity contribution in [3.8, 4) is 0 Å². The summed E-state index contributed by atoms with van der Waals surface area (Å²) < 4.78 is 28.3. The predicted molar refractivity (Wildman–Crippen MR) is 73.6 cm³/mol. The predicted octanol–water partition coefficient (Wildman–Crippen LogP) is 3.52. The van der Waals surface area contributed by atoms with Gasteiger partial charge in [0.15, 0.2) is 0 Å². The molecule has 1 aromatic carbocycles. The molecule has 2 aromatic rings. The molecule has 0 unspecified atom stereocenters. The fourth-order valence-corrected chi connectivity index (χ4v) is 1.81. The van der Waals surface area contributed by atoms with Crippen LogP contribution in [0.25, 0.3) is 0 Å². The van der Waals surface area contributed by atoms with Gasteiger partial charge in [-0.25, -0.2) is 8.78 Å². The molecule has 0 bridgehead atoms. The van der Waals surface area contributed by atoms with Gasteiger partial charge >= 0.3 is 0 Å².